The summed E-state index contributed by atoms with van der Waals surface area (Å²) in [7, 11) is -3.42. The van der Waals surface area contributed by atoms with Gasteiger partial charge in [-0.2, -0.15) is 0 Å². The summed E-state index contributed by atoms with van der Waals surface area (Å²) in [5, 5.41) is 8.86. The molecule has 1 saturated heterocycles. The van der Waals surface area contributed by atoms with Crippen molar-refractivity contribution in [1.29, 1.82) is 0 Å². The number of carbonyl (C=O) groups is 1. The Balaban J connectivity index is 2.55. The second kappa shape index (κ2) is 6.30. The molecule has 0 radical (unpaired) electrons. The maximum absolute atomic E-state index is 11.9. The topological polar surface area (TPSA) is 74.7 Å². The van der Waals surface area contributed by atoms with Gasteiger partial charge in [0.05, 0.1) is 18.3 Å². The van der Waals surface area contributed by atoms with Crippen LogP contribution in [0.15, 0.2) is 0 Å². The molecule has 1 aliphatic heterocycles. The number of carboxylic acids is 1. The largest absolute Gasteiger partial charge is 0.481 e. The van der Waals surface area contributed by atoms with E-state index in [2.05, 4.69) is 0 Å². The number of nitrogens with zero attached hydrogens (tertiary/aromatic N) is 1. The monoisotopic (exact) mass is 267 g/mol. The quantitative estimate of drug-likeness (QED) is 0.724. The number of alkyl halides is 1. The summed E-state index contributed by atoms with van der Waals surface area (Å²) in [6.45, 7) is -0.0949. The van der Waals surface area contributed by atoms with E-state index in [-0.39, 0.29) is 25.1 Å². The molecule has 1 fully saturated rings. The zero-order valence-corrected chi connectivity index (χ0v) is 10.5. The minimum Gasteiger partial charge on any atom is -0.481 e. The third-order valence-electron chi connectivity index (χ3n) is 2.91. The van der Waals surface area contributed by atoms with Crippen molar-refractivity contribution in [2.45, 2.75) is 25.7 Å². The highest BCUT2D eigenvalue weighted by atomic mass is 32.2. The molecule has 0 aliphatic carbocycles. The fourth-order valence-electron chi connectivity index (χ4n) is 1.90. The molecule has 17 heavy (non-hydrogen) atoms. The second-order valence-electron chi connectivity index (χ2n) is 4.25. The lowest BCUT2D eigenvalue weighted by atomic mass is 10.0. The van der Waals surface area contributed by atoms with Crippen LogP contribution in [-0.4, -0.2) is 49.3 Å². The van der Waals surface area contributed by atoms with Gasteiger partial charge in [-0.05, 0) is 25.7 Å². The molecule has 0 bridgehead atoms. The fraction of sp³-hybridized carbons (Fsp3) is 0.900. The first-order valence-corrected chi connectivity index (χ1v) is 7.35. The van der Waals surface area contributed by atoms with E-state index in [0.717, 1.165) is 0 Å². The number of hydrogen-bond donors (Lipinski definition) is 1. The number of aliphatic carboxylic acids is 1. The molecule has 1 aliphatic rings. The number of unbranched alkanes of at least 4 members (excludes halogenated alkanes) is 1. The molecule has 7 heteroatoms. The lowest BCUT2D eigenvalue weighted by Gasteiger charge is -2.29. The van der Waals surface area contributed by atoms with E-state index < -0.39 is 28.6 Å². The number of carboxylic acid groups (broad SMARTS) is 1. The predicted molar refractivity (Wildman–Crippen MR) is 60.9 cm³/mol. The predicted octanol–water partition coefficient (Wildman–Crippen LogP) is 0.863. The van der Waals surface area contributed by atoms with Crippen molar-refractivity contribution in [3.63, 3.8) is 0 Å². The number of sulfonamides is 1. The van der Waals surface area contributed by atoms with E-state index in [1.165, 1.54) is 4.31 Å². The summed E-state index contributed by atoms with van der Waals surface area (Å²) >= 11 is 0. The van der Waals surface area contributed by atoms with Crippen molar-refractivity contribution in [1.82, 2.24) is 4.31 Å². The van der Waals surface area contributed by atoms with Gasteiger partial charge in [-0.25, -0.2) is 12.7 Å². The average Bonchev–Trinajstić information content (AvgIpc) is 2.29. The number of rotatable bonds is 6. The van der Waals surface area contributed by atoms with Crippen molar-refractivity contribution in [2.75, 3.05) is 25.5 Å². The Bertz CT molecular complexity index is 357. The summed E-state index contributed by atoms with van der Waals surface area (Å²) in [6.07, 6.45) is 1.60. The normalized spacial score (nSPS) is 22.5. The highest BCUT2D eigenvalue weighted by molar-refractivity contribution is 7.89. The Morgan fingerprint density at radius 2 is 2.12 bits per heavy atom. The van der Waals surface area contributed by atoms with Crippen LogP contribution in [0.3, 0.4) is 0 Å². The first-order valence-electron chi connectivity index (χ1n) is 5.74. The fourth-order valence-corrected chi connectivity index (χ4v) is 3.55. The summed E-state index contributed by atoms with van der Waals surface area (Å²) in [5.74, 6) is -1.66. The third-order valence-corrected chi connectivity index (χ3v) is 4.84. The van der Waals surface area contributed by atoms with Crippen LogP contribution in [-0.2, 0) is 14.8 Å². The van der Waals surface area contributed by atoms with Crippen LogP contribution in [0.5, 0.6) is 0 Å². The van der Waals surface area contributed by atoms with Gasteiger partial charge in [0.1, 0.15) is 0 Å². The van der Waals surface area contributed by atoms with Gasteiger partial charge in [-0.15, -0.1) is 0 Å². The molecule has 0 saturated carbocycles. The van der Waals surface area contributed by atoms with Crippen molar-refractivity contribution >= 4 is 16.0 Å². The molecule has 0 aromatic heterocycles. The lowest BCUT2D eigenvalue weighted by molar-refractivity contribution is -0.142. The molecule has 5 nitrogen and oxygen atoms in total. The van der Waals surface area contributed by atoms with Crippen LogP contribution < -0.4 is 0 Å². The molecule has 100 valence electrons. The van der Waals surface area contributed by atoms with Crippen LogP contribution in [0, 0.1) is 5.92 Å². The van der Waals surface area contributed by atoms with E-state index >= 15 is 0 Å². The number of hydrogen-bond acceptors (Lipinski definition) is 3. The summed E-state index contributed by atoms with van der Waals surface area (Å²) in [5.41, 5.74) is 0. The summed E-state index contributed by atoms with van der Waals surface area (Å²) < 4.78 is 36.8. The van der Waals surface area contributed by atoms with E-state index in [1.807, 2.05) is 0 Å². The number of piperidine rings is 1. The Hall–Kier alpha value is -0.690. The molecular weight excluding hydrogens is 249 g/mol. The van der Waals surface area contributed by atoms with Gasteiger partial charge in [0.25, 0.3) is 0 Å². The minimum atomic E-state index is -3.42. The zero-order valence-electron chi connectivity index (χ0n) is 9.64. The molecule has 0 spiro atoms. The summed E-state index contributed by atoms with van der Waals surface area (Å²) in [4.78, 5) is 10.8. The molecule has 1 N–H and O–H groups in total. The van der Waals surface area contributed by atoms with Gasteiger partial charge in [0, 0.05) is 13.1 Å². The van der Waals surface area contributed by atoms with Gasteiger partial charge in [-0.1, -0.05) is 0 Å². The van der Waals surface area contributed by atoms with Gasteiger partial charge in [-0.3, -0.25) is 9.18 Å². The van der Waals surface area contributed by atoms with Gasteiger partial charge < -0.3 is 5.11 Å². The first-order chi connectivity index (χ1) is 7.97. The standard InChI is InChI=1S/C10H18FNO4S/c11-5-1-2-7-17(15,16)12-6-3-4-9(8-12)10(13)14/h9H,1-8H2,(H,13,14). The molecule has 0 amide bonds. The zero-order chi connectivity index (χ0) is 12.9. The minimum absolute atomic E-state index is 0.0489. The van der Waals surface area contributed by atoms with Gasteiger partial charge in [0.15, 0.2) is 0 Å². The van der Waals surface area contributed by atoms with Crippen LogP contribution >= 0.6 is 0 Å². The van der Waals surface area contributed by atoms with Crippen LogP contribution in [0.1, 0.15) is 25.7 Å². The van der Waals surface area contributed by atoms with Crippen LogP contribution in [0.4, 0.5) is 4.39 Å². The van der Waals surface area contributed by atoms with E-state index in [4.69, 9.17) is 5.11 Å². The second-order valence-corrected chi connectivity index (χ2v) is 6.34. The molecule has 1 unspecified atom stereocenters. The van der Waals surface area contributed by atoms with Crippen molar-refractivity contribution in [2.24, 2.45) is 5.92 Å². The Morgan fingerprint density at radius 3 is 2.71 bits per heavy atom. The Labute approximate surface area is 101 Å². The van der Waals surface area contributed by atoms with Crippen molar-refractivity contribution < 1.29 is 22.7 Å². The highest BCUT2D eigenvalue weighted by Crippen LogP contribution is 2.20. The van der Waals surface area contributed by atoms with Crippen molar-refractivity contribution in [3.05, 3.63) is 0 Å². The number of halogens is 1. The van der Waals surface area contributed by atoms with Crippen LogP contribution in [0.25, 0.3) is 0 Å². The molecule has 1 rings (SSSR count). The van der Waals surface area contributed by atoms with Gasteiger partial charge in [0.2, 0.25) is 10.0 Å². The first kappa shape index (κ1) is 14.4. The summed E-state index contributed by atoms with van der Waals surface area (Å²) in [6, 6.07) is 0. The highest BCUT2D eigenvalue weighted by Gasteiger charge is 2.31. The molecule has 1 heterocycles. The third kappa shape index (κ3) is 4.23. The maximum Gasteiger partial charge on any atom is 0.307 e. The van der Waals surface area contributed by atoms with E-state index in [1.54, 1.807) is 0 Å². The van der Waals surface area contributed by atoms with Crippen LogP contribution in [0.2, 0.25) is 0 Å². The van der Waals surface area contributed by atoms with E-state index in [9.17, 15) is 17.6 Å². The SMILES string of the molecule is O=C(O)C1CCCN(S(=O)(=O)CCCCF)C1. The van der Waals surface area contributed by atoms with E-state index in [0.29, 0.717) is 19.4 Å². The Morgan fingerprint density at radius 1 is 1.41 bits per heavy atom. The lowest BCUT2D eigenvalue weighted by Crippen LogP contribution is -2.43. The smallest absolute Gasteiger partial charge is 0.307 e. The van der Waals surface area contributed by atoms with Crippen molar-refractivity contribution in [3.8, 4) is 0 Å². The average molecular weight is 267 g/mol. The Kier molecular flexibility index (Phi) is 5.32. The molecule has 0 aromatic rings. The molecule has 0 aromatic carbocycles. The maximum atomic E-state index is 11.9. The van der Waals surface area contributed by atoms with Gasteiger partial charge >= 0.3 is 5.97 Å². The molecular formula is C10H18FNO4S. The molecule has 1 atom stereocenters.